The summed E-state index contributed by atoms with van der Waals surface area (Å²) in [4.78, 5) is 6.89. The Hall–Kier alpha value is -1.60. The van der Waals surface area contributed by atoms with Crippen LogP contribution in [0.1, 0.15) is 25.0 Å². The van der Waals surface area contributed by atoms with Gasteiger partial charge in [-0.1, -0.05) is 19.9 Å². The average Bonchev–Trinajstić information content (AvgIpc) is 2.41. The van der Waals surface area contributed by atoms with E-state index in [0.29, 0.717) is 23.1 Å². The number of aryl methyl sites for hydroxylation is 2. The van der Waals surface area contributed by atoms with E-state index in [4.69, 9.17) is 0 Å². The maximum absolute atomic E-state index is 12.4. The Bertz CT molecular complexity index is 679. The van der Waals surface area contributed by atoms with Crippen LogP contribution in [0.2, 0.25) is 0 Å². The van der Waals surface area contributed by atoms with Crippen LogP contribution in [-0.4, -0.2) is 45.5 Å². The number of guanidine groups is 1. The van der Waals surface area contributed by atoms with Crippen molar-refractivity contribution in [3.05, 3.63) is 23.3 Å². The third-order valence-corrected chi connectivity index (χ3v) is 5.29. The standard InChI is InChI=1S/C15H24N4O2S/c1-5-19(6-2)8-7-16-15-17-13-10-11(3)9-12(4)14(13)22(20,21)18-15/h9-10H,5-8H2,1-4H3,(H2,16,17,18). The molecule has 2 N–H and O–H groups in total. The number of likely N-dealkylation sites (N-methyl/N-ethyl adjacent to an activating group) is 1. The van der Waals surface area contributed by atoms with Crippen LogP contribution in [0.3, 0.4) is 0 Å². The zero-order chi connectivity index (χ0) is 16.3. The van der Waals surface area contributed by atoms with Crippen LogP contribution in [0.4, 0.5) is 5.69 Å². The molecule has 1 aromatic carbocycles. The molecule has 0 atom stereocenters. The summed E-state index contributed by atoms with van der Waals surface area (Å²) in [5.41, 5.74) is 2.35. The fourth-order valence-electron chi connectivity index (χ4n) is 2.65. The van der Waals surface area contributed by atoms with E-state index in [0.717, 1.165) is 30.8 Å². The Kier molecular flexibility index (Phi) is 5.08. The van der Waals surface area contributed by atoms with Crippen LogP contribution < -0.4 is 10.0 Å². The van der Waals surface area contributed by atoms with Gasteiger partial charge in [0, 0.05) is 6.54 Å². The molecule has 0 radical (unpaired) electrons. The normalized spacial score (nSPS) is 18.0. The van der Waals surface area contributed by atoms with Gasteiger partial charge in [-0.2, -0.15) is 0 Å². The van der Waals surface area contributed by atoms with E-state index in [9.17, 15) is 8.42 Å². The van der Waals surface area contributed by atoms with Crippen molar-refractivity contribution >= 4 is 21.7 Å². The lowest BCUT2D eigenvalue weighted by atomic mass is 10.1. The molecule has 0 unspecified atom stereocenters. The maximum atomic E-state index is 12.4. The molecule has 6 nitrogen and oxygen atoms in total. The van der Waals surface area contributed by atoms with Crippen molar-refractivity contribution in [3.8, 4) is 0 Å². The Morgan fingerprint density at radius 2 is 1.86 bits per heavy atom. The molecule has 7 heteroatoms. The van der Waals surface area contributed by atoms with Gasteiger partial charge < -0.3 is 10.2 Å². The molecule has 0 saturated heterocycles. The Balaban J connectivity index is 2.22. The highest BCUT2D eigenvalue weighted by molar-refractivity contribution is 7.90. The highest BCUT2D eigenvalue weighted by atomic mass is 32.2. The fourth-order valence-corrected chi connectivity index (χ4v) is 4.00. The minimum atomic E-state index is -3.56. The Morgan fingerprint density at radius 1 is 1.18 bits per heavy atom. The summed E-state index contributed by atoms with van der Waals surface area (Å²) in [6.07, 6.45) is 0. The number of nitrogens with zero attached hydrogens (tertiary/aromatic N) is 2. The van der Waals surface area contributed by atoms with E-state index in [1.54, 1.807) is 6.92 Å². The first-order chi connectivity index (χ1) is 10.4. The SMILES string of the molecule is CCN(CC)CCN=C1Nc2cc(C)cc(C)c2S(=O)(=O)N1. The first-order valence-corrected chi connectivity index (χ1v) is 9.03. The summed E-state index contributed by atoms with van der Waals surface area (Å²) in [6.45, 7) is 11.2. The van der Waals surface area contributed by atoms with Gasteiger partial charge in [-0.3, -0.25) is 4.99 Å². The van der Waals surface area contributed by atoms with Gasteiger partial charge in [0.05, 0.1) is 12.2 Å². The molecule has 2 rings (SSSR count). The fraction of sp³-hybridized carbons (Fsp3) is 0.533. The number of aliphatic imine (C=N–C) groups is 1. The second-order valence-electron chi connectivity index (χ2n) is 5.45. The molecule has 0 aliphatic carbocycles. The van der Waals surface area contributed by atoms with Crippen LogP contribution in [0.5, 0.6) is 0 Å². The van der Waals surface area contributed by atoms with Crippen molar-refractivity contribution in [3.63, 3.8) is 0 Å². The monoisotopic (exact) mass is 324 g/mol. The second-order valence-corrected chi connectivity index (χ2v) is 7.07. The van der Waals surface area contributed by atoms with Crippen molar-refractivity contribution in [2.75, 3.05) is 31.5 Å². The van der Waals surface area contributed by atoms with Crippen LogP contribution in [0.15, 0.2) is 22.0 Å². The van der Waals surface area contributed by atoms with Gasteiger partial charge in [0.15, 0.2) is 0 Å². The third-order valence-electron chi connectivity index (χ3n) is 3.75. The number of sulfonamides is 1. The largest absolute Gasteiger partial charge is 0.324 e. The highest BCUT2D eigenvalue weighted by Crippen LogP contribution is 2.29. The van der Waals surface area contributed by atoms with E-state index in [2.05, 4.69) is 33.8 Å². The van der Waals surface area contributed by atoms with Crippen LogP contribution >= 0.6 is 0 Å². The number of nitrogens with one attached hydrogen (secondary N) is 2. The number of benzene rings is 1. The molecular weight excluding hydrogens is 300 g/mol. The van der Waals surface area contributed by atoms with E-state index < -0.39 is 10.0 Å². The van der Waals surface area contributed by atoms with Gasteiger partial charge in [0.2, 0.25) is 5.96 Å². The van der Waals surface area contributed by atoms with Gasteiger partial charge in [-0.25, -0.2) is 13.1 Å². The summed E-state index contributed by atoms with van der Waals surface area (Å²) in [7, 11) is -3.56. The number of hydrogen-bond donors (Lipinski definition) is 2. The van der Waals surface area contributed by atoms with E-state index in [1.807, 2.05) is 19.1 Å². The van der Waals surface area contributed by atoms with Gasteiger partial charge in [0.25, 0.3) is 10.0 Å². The Morgan fingerprint density at radius 3 is 2.50 bits per heavy atom. The number of fused-ring (bicyclic) bond motifs is 1. The lowest BCUT2D eigenvalue weighted by Crippen LogP contribution is -2.41. The zero-order valence-electron chi connectivity index (χ0n) is 13.6. The molecule has 0 aromatic heterocycles. The van der Waals surface area contributed by atoms with E-state index in [1.165, 1.54) is 0 Å². The van der Waals surface area contributed by atoms with Gasteiger partial charge in [-0.15, -0.1) is 0 Å². The summed E-state index contributed by atoms with van der Waals surface area (Å²) in [6, 6.07) is 3.70. The van der Waals surface area contributed by atoms with Crippen molar-refractivity contribution < 1.29 is 8.42 Å². The summed E-state index contributed by atoms with van der Waals surface area (Å²) >= 11 is 0. The molecule has 1 aromatic rings. The lowest BCUT2D eigenvalue weighted by Gasteiger charge is -2.24. The first-order valence-electron chi connectivity index (χ1n) is 7.55. The second kappa shape index (κ2) is 6.66. The molecule has 1 aliphatic rings. The van der Waals surface area contributed by atoms with Crippen molar-refractivity contribution in [2.24, 2.45) is 4.99 Å². The molecule has 1 heterocycles. The maximum Gasteiger partial charge on any atom is 0.266 e. The van der Waals surface area contributed by atoms with Crippen LogP contribution in [0, 0.1) is 13.8 Å². The van der Waals surface area contributed by atoms with E-state index >= 15 is 0 Å². The average molecular weight is 324 g/mol. The molecule has 122 valence electrons. The quantitative estimate of drug-likeness (QED) is 0.865. The molecular formula is C15H24N4O2S. The predicted octanol–water partition coefficient (Wildman–Crippen LogP) is 1.71. The number of rotatable bonds is 5. The van der Waals surface area contributed by atoms with Gasteiger partial charge in [-0.05, 0) is 44.1 Å². The van der Waals surface area contributed by atoms with E-state index in [-0.39, 0.29) is 0 Å². The van der Waals surface area contributed by atoms with Crippen molar-refractivity contribution in [2.45, 2.75) is 32.6 Å². The topological polar surface area (TPSA) is 73.8 Å². The molecule has 0 bridgehead atoms. The molecule has 1 aliphatic heterocycles. The molecule has 22 heavy (non-hydrogen) atoms. The zero-order valence-corrected chi connectivity index (χ0v) is 14.4. The van der Waals surface area contributed by atoms with Crippen molar-refractivity contribution in [1.82, 2.24) is 9.62 Å². The molecule has 0 saturated carbocycles. The smallest absolute Gasteiger partial charge is 0.266 e. The van der Waals surface area contributed by atoms with Gasteiger partial charge in [0.1, 0.15) is 4.90 Å². The summed E-state index contributed by atoms with van der Waals surface area (Å²) in [5, 5.41) is 3.09. The molecule has 0 spiro atoms. The third kappa shape index (κ3) is 3.59. The molecule has 0 amide bonds. The predicted molar refractivity (Wildman–Crippen MR) is 90.0 cm³/mol. The first kappa shape index (κ1) is 16.8. The van der Waals surface area contributed by atoms with Crippen LogP contribution in [0.25, 0.3) is 0 Å². The Labute approximate surface area is 132 Å². The minimum Gasteiger partial charge on any atom is -0.324 e. The highest BCUT2D eigenvalue weighted by Gasteiger charge is 2.28. The summed E-state index contributed by atoms with van der Waals surface area (Å²) < 4.78 is 27.3. The lowest BCUT2D eigenvalue weighted by molar-refractivity contribution is 0.313. The minimum absolute atomic E-state index is 0.296. The number of hydrogen-bond acceptors (Lipinski definition) is 4. The van der Waals surface area contributed by atoms with Gasteiger partial charge >= 0.3 is 0 Å². The number of anilines is 1. The van der Waals surface area contributed by atoms with Crippen molar-refractivity contribution in [1.29, 1.82) is 0 Å². The molecule has 0 fully saturated rings. The summed E-state index contributed by atoms with van der Waals surface area (Å²) in [5.74, 6) is 0.296. The van der Waals surface area contributed by atoms with Crippen LogP contribution in [-0.2, 0) is 10.0 Å².